The van der Waals surface area contributed by atoms with Gasteiger partial charge in [0.05, 0.1) is 0 Å². The van der Waals surface area contributed by atoms with E-state index < -0.39 is 0 Å². The minimum atomic E-state index is -0.204. The summed E-state index contributed by atoms with van der Waals surface area (Å²) in [5.41, 5.74) is 0.953. The van der Waals surface area contributed by atoms with Crippen molar-refractivity contribution in [1.82, 2.24) is 20.1 Å². The highest BCUT2D eigenvalue weighted by Gasteiger charge is 2.05. The number of carbonyl (C=O) groups is 1. The van der Waals surface area contributed by atoms with E-state index in [2.05, 4.69) is 15.4 Å². The van der Waals surface area contributed by atoms with Crippen LogP contribution in [0.3, 0.4) is 0 Å². The summed E-state index contributed by atoms with van der Waals surface area (Å²) in [5.74, 6) is -0.158. The standard InChI is InChI=1S/C12H10ClN5O/c13-10-3-1-9(2-4-10)6-15-12(19)7-18-8-16-11(5-14)17-18/h1-4,8H,6-7H2,(H,15,19). The normalized spacial score (nSPS) is 9.89. The summed E-state index contributed by atoms with van der Waals surface area (Å²) in [6.07, 6.45) is 1.35. The van der Waals surface area contributed by atoms with E-state index >= 15 is 0 Å². The topological polar surface area (TPSA) is 83.6 Å². The average molecular weight is 276 g/mol. The molecule has 1 aromatic heterocycles. The number of hydrogen-bond acceptors (Lipinski definition) is 4. The van der Waals surface area contributed by atoms with Gasteiger partial charge in [-0.1, -0.05) is 23.7 Å². The van der Waals surface area contributed by atoms with Crippen molar-refractivity contribution in [2.75, 3.05) is 0 Å². The Hall–Kier alpha value is -2.39. The monoisotopic (exact) mass is 275 g/mol. The number of halogens is 1. The maximum Gasteiger partial charge on any atom is 0.252 e. The second-order valence-electron chi connectivity index (χ2n) is 3.78. The largest absolute Gasteiger partial charge is 0.350 e. The Morgan fingerprint density at radius 2 is 2.16 bits per heavy atom. The lowest BCUT2D eigenvalue weighted by molar-refractivity contribution is -0.122. The summed E-state index contributed by atoms with van der Waals surface area (Å²) >= 11 is 5.77. The van der Waals surface area contributed by atoms with Gasteiger partial charge >= 0.3 is 0 Å². The molecule has 1 amide bonds. The highest BCUT2D eigenvalue weighted by molar-refractivity contribution is 6.30. The Morgan fingerprint density at radius 1 is 1.42 bits per heavy atom. The predicted octanol–water partition coefficient (Wildman–Crippen LogP) is 1.12. The van der Waals surface area contributed by atoms with Gasteiger partial charge in [-0.15, -0.1) is 5.10 Å². The van der Waals surface area contributed by atoms with Gasteiger partial charge in [-0.25, -0.2) is 9.67 Å². The molecule has 0 radical (unpaired) electrons. The quantitative estimate of drug-likeness (QED) is 0.906. The van der Waals surface area contributed by atoms with Crippen molar-refractivity contribution in [3.63, 3.8) is 0 Å². The minimum absolute atomic E-state index is 0.0300. The molecule has 0 spiro atoms. The van der Waals surface area contributed by atoms with Gasteiger partial charge in [0.25, 0.3) is 5.82 Å². The number of benzene rings is 1. The zero-order valence-corrected chi connectivity index (χ0v) is 10.6. The molecule has 1 N–H and O–H groups in total. The summed E-state index contributed by atoms with van der Waals surface area (Å²) in [6, 6.07) is 9.00. The van der Waals surface area contributed by atoms with Crippen molar-refractivity contribution >= 4 is 17.5 Å². The molecule has 1 aromatic carbocycles. The van der Waals surface area contributed by atoms with Crippen LogP contribution in [0.2, 0.25) is 5.02 Å². The number of hydrogen-bond donors (Lipinski definition) is 1. The molecule has 7 heteroatoms. The van der Waals surface area contributed by atoms with Crippen molar-refractivity contribution in [3.8, 4) is 6.07 Å². The summed E-state index contributed by atoms with van der Waals surface area (Å²) in [5, 5.41) is 15.8. The minimum Gasteiger partial charge on any atom is -0.350 e. The third kappa shape index (κ3) is 3.79. The van der Waals surface area contributed by atoms with E-state index in [1.807, 2.05) is 12.1 Å². The van der Waals surface area contributed by atoms with Crippen molar-refractivity contribution in [1.29, 1.82) is 5.26 Å². The maximum absolute atomic E-state index is 11.6. The fourth-order valence-corrected chi connectivity index (χ4v) is 1.55. The molecule has 0 atom stereocenters. The van der Waals surface area contributed by atoms with E-state index in [1.165, 1.54) is 11.0 Å². The lowest BCUT2D eigenvalue weighted by Gasteiger charge is -2.05. The molecule has 0 saturated heterocycles. The first-order valence-corrected chi connectivity index (χ1v) is 5.86. The molecule has 0 aliphatic heterocycles. The average Bonchev–Trinajstić information content (AvgIpc) is 2.86. The number of nitriles is 1. The molecular formula is C12H10ClN5O. The molecule has 0 fully saturated rings. The van der Waals surface area contributed by atoms with Gasteiger partial charge in [-0.2, -0.15) is 5.26 Å². The van der Waals surface area contributed by atoms with Gasteiger partial charge < -0.3 is 5.32 Å². The van der Waals surface area contributed by atoms with E-state index in [4.69, 9.17) is 16.9 Å². The lowest BCUT2D eigenvalue weighted by Crippen LogP contribution is -2.27. The zero-order valence-electron chi connectivity index (χ0n) is 9.88. The molecule has 0 aliphatic rings. The van der Waals surface area contributed by atoms with Crippen LogP contribution in [0.25, 0.3) is 0 Å². The van der Waals surface area contributed by atoms with Crippen LogP contribution in [-0.4, -0.2) is 20.7 Å². The summed E-state index contributed by atoms with van der Waals surface area (Å²) in [6.45, 7) is 0.443. The first kappa shape index (κ1) is 13.1. The second-order valence-corrected chi connectivity index (χ2v) is 4.22. The number of aromatic nitrogens is 3. The van der Waals surface area contributed by atoms with E-state index in [9.17, 15) is 4.79 Å². The smallest absolute Gasteiger partial charge is 0.252 e. The highest BCUT2D eigenvalue weighted by Crippen LogP contribution is 2.08. The molecule has 0 unspecified atom stereocenters. The molecule has 2 aromatic rings. The van der Waals surface area contributed by atoms with Crippen LogP contribution in [0.5, 0.6) is 0 Å². The van der Waals surface area contributed by atoms with Crippen LogP contribution in [0.15, 0.2) is 30.6 Å². The molecule has 19 heavy (non-hydrogen) atoms. The summed E-state index contributed by atoms with van der Waals surface area (Å²) < 4.78 is 1.32. The number of rotatable bonds is 4. The van der Waals surface area contributed by atoms with Gasteiger partial charge in [-0.3, -0.25) is 4.79 Å². The number of amides is 1. The maximum atomic E-state index is 11.6. The van der Waals surface area contributed by atoms with Crippen molar-refractivity contribution < 1.29 is 4.79 Å². The molecule has 6 nitrogen and oxygen atoms in total. The Balaban J connectivity index is 1.84. The zero-order chi connectivity index (χ0) is 13.7. The molecule has 2 rings (SSSR count). The first-order chi connectivity index (χ1) is 9.17. The fourth-order valence-electron chi connectivity index (χ4n) is 1.43. The van der Waals surface area contributed by atoms with Crippen LogP contribution in [0.4, 0.5) is 0 Å². The van der Waals surface area contributed by atoms with Crippen LogP contribution >= 0.6 is 11.6 Å². The third-order valence-corrected chi connectivity index (χ3v) is 2.60. The van der Waals surface area contributed by atoms with Gasteiger partial charge in [0, 0.05) is 11.6 Å². The fraction of sp³-hybridized carbons (Fsp3) is 0.167. The third-order valence-electron chi connectivity index (χ3n) is 2.35. The lowest BCUT2D eigenvalue weighted by atomic mass is 10.2. The van der Waals surface area contributed by atoms with Crippen LogP contribution < -0.4 is 5.32 Å². The summed E-state index contributed by atoms with van der Waals surface area (Å²) in [4.78, 5) is 15.4. The Labute approximate surface area is 114 Å². The molecule has 0 saturated carbocycles. The van der Waals surface area contributed by atoms with E-state index in [0.29, 0.717) is 11.6 Å². The van der Waals surface area contributed by atoms with Gasteiger partial charge in [-0.05, 0) is 17.7 Å². The first-order valence-electron chi connectivity index (χ1n) is 5.48. The van der Waals surface area contributed by atoms with E-state index in [0.717, 1.165) is 5.56 Å². The Kier molecular flexibility index (Phi) is 4.11. The number of nitrogens with one attached hydrogen (secondary N) is 1. The Morgan fingerprint density at radius 3 is 2.79 bits per heavy atom. The SMILES string of the molecule is N#Cc1ncn(CC(=O)NCc2ccc(Cl)cc2)n1. The van der Waals surface area contributed by atoms with Crippen LogP contribution in [0.1, 0.15) is 11.4 Å². The Bertz CT molecular complexity index is 614. The highest BCUT2D eigenvalue weighted by atomic mass is 35.5. The molecular weight excluding hydrogens is 266 g/mol. The van der Waals surface area contributed by atoms with E-state index in [-0.39, 0.29) is 18.3 Å². The molecule has 0 bridgehead atoms. The van der Waals surface area contributed by atoms with Crippen molar-refractivity contribution in [3.05, 3.63) is 47.0 Å². The summed E-state index contributed by atoms with van der Waals surface area (Å²) in [7, 11) is 0. The van der Waals surface area contributed by atoms with Crippen molar-refractivity contribution in [2.45, 2.75) is 13.1 Å². The van der Waals surface area contributed by atoms with E-state index in [1.54, 1.807) is 18.2 Å². The van der Waals surface area contributed by atoms with Gasteiger partial charge in [0.2, 0.25) is 5.91 Å². The van der Waals surface area contributed by atoms with Crippen LogP contribution in [0, 0.1) is 11.3 Å². The van der Waals surface area contributed by atoms with Gasteiger partial charge in [0.1, 0.15) is 18.9 Å². The molecule has 96 valence electrons. The second kappa shape index (κ2) is 5.98. The van der Waals surface area contributed by atoms with Crippen molar-refractivity contribution in [2.24, 2.45) is 0 Å². The molecule has 1 heterocycles. The predicted molar refractivity (Wildman–Crippen MR) is 68.0 cm³/mol. The number of carbonyl (C=O) groups excluding carboxylic acids is 1. The van der Waals surface area contributed by atoms with Crippen LogP contribution in [-0.2, 0) is 17.9 Å². The van der Waals surface area contributed by atoms with Gasteiger partial charge in [0.15, 0.2) is 0 Å². The molecule has 0 aliphatic carbocycles. The number of nitrogens with zero attached hydrogens (tertiary/aromatic N) is 4.